The third-order valence-corrected chi connectivity index (χ3v) is 6.97. The van der Waals surface area contributed by atoms with Crippen LogP contribution in [0.3, 0.4) is 0 Å². The van der Waals surface area contributed by atoms with E-state index in [-0.39, 0.29) is 17.9 Å². The van der Waals surface area contributed by atoms with Crippen LogP contribution in [-0.2, 0) is 4.79 Å². The average molecular weight is 471 g/mol. The van der Waals surface area contributed by atoms with Gasteiger partial charge in [0, 0.05) is 30.2 Å². The highest BCUT2D eigenvalue weighted by Gasteiger charge is 2.23. The summed E-state index contributed by atoms with van der Waals surface area (Å²) in [6.07, 6.45) is 1.62. The third kappa shape index (κ3) is 5.16. The topological polar surface area (TPSA) is 74.3 Å². The van der Waals surface area contributed by atoms with Gasteiger partial charge in [0.05, 0.1) is 28.2 Å². The number of carbonyl (C=O) groups is 2. The number of nitrogens with one attached hydrogen (secondary N) is 2. The van der Waals surface area contributed by atoms with Crippen LogP contribution in [0.2, 0.25) is 0 Å². The SMILES string of the molecule is O=C(CN1CCC(NC(=O)c2cc(-c3cccs3)nc3ccccc23)CC1)Nc1ccccc1. The van der Waals surface area contributed by atoms with Crippen molar-refractivity contribution in [2.24, 2.45) is 0 Å². The molecule has 1 aliphatic rings. The van der Waals surface area contributed by atoms with Crippen molar-refractivity contribution in [3.8, 4) is 10.6 Å². The second kappa shape index (κ2) is 10.2. The van der Waals surface area contributed by atoms with E-state index in [2.05, 4.69) is 15.5 Å². The number of rotatable bonds is 6. The molecule has 1 saturated heterocycles. The van der Waals surface area contributed by atoms with Crippen LogP contribution >= 0.6 is 11.3 Å². The minimum Gasteiger partial charge on any atom is -0.349 e. The van der Waals surface area contributed by atoms with Crippen molar-refractivity contribution in [2.45, 2.75) is 18.9 Å². The predicted octanol–water partition coefficient (Wildman–Crippen LogP) is 4.80. The summed E-state index contributed by atoms with van der Waals surface area (Å²) in [6.45, 7) is 1.89. The summed E-state index contributed by atoms with van der Waals surface area (Å²) >= 11 is 1.61. The quantitative estimate of drug-likeness (QED) is 0.425. The Kier molecular flexibility index (Phi) is 6.65. The molecule has 7 heteroatoms. The Hall–Kier alpha value is -3.55. The van der Waals surface area contributed by atoms with E-state index in [0.29, 0.717) is 12.1 Å². The summed E-state index contributed by atoms with van der Waals surface area (Å²) < 4.78 is 0. The van der Waals surface area contributed by atoms with Crippen LogP contribution in [0.25, 0.3) is 21.5 Å². The molecular weight excluding hydrogens is 444 g/mol. The molecule has 0 unspecified atom stereocenters. The molecule has 5 rings (SSSR count). The van der Waals surface area contributed by atoms with Gasteiger partial charge in [0.1, 0.15) is 0 Å². The summed E-state index contributed by atoms with van der Waals surface area (Å²) in [5.74, 6) is -0.0882. The van der Waals surface area contributed by atoms with Crippen LogP contribution in [-0.4, -0.2) is 47.4 Å². The molecule has 6 nitrogen and oxygen atoms in total. The highest BCUT2D eigenvalue weighted by atomic mass is 32.1. The van der Waals surface area contributed by atoms with Crippen molar-refractivity contribution < 1.29 is 9.59 Å². The molecule has 34 heavy (non-hydrogen) atoms. The molecule has 172 valence electrons. The molecule has 0 saturated carbocycles. The van der Waals surface area contributed by atoms with Gasteiger partial charge in [-0.15, -0.1) is 11.3 Å². The number of pyridine rings is 1. The largest absolute Gasteiger partial charge is 0.349 e. The van der Waals surface area contributed by atoms with E-state index in [0.717, 1.165) is 53.1 Å². The second-order valence-electron chi connectivity index (χ2n) is 8.49. The normalized spacial score (nSPS) is 14.7. The first-order valence-corrected chi connectivity index (χ1v) is 12.4. The molecule has 2 aromatic carbocycles. The van der Waals surface area contributed by atoms with E-state index in [1.54, 1.807) is 11.3 Å². The molecule has 3 heterocycles. The predicted molar refractivity (Wildman–Crippen MR) is 137 cm³/mol. The zero-order chi connectivity index (χ0) is 23.3. The molecule has 0 aliphatic carbocycles. The fourth-order valence-electron chi connectivity index (χ4n) is 4.34. The van der Waals surface area contributed by atoms with Crippen LogP contribution in [0.4, 0.5) is 5.69 Å². The molecule has 2 amide bonds. The van der Waals surface area contributed by atoms with E-state index in [4.69, 9.17) is 4.98 Å². The van der Waals surface area contributed by atoms with Gasteiger partial charge in [-0.2, -0.15) is 0 Å². The first-order chi connectivity index (χ1) is 16.7. The number of amides is 2. The lowest BCUT2D eigenvalue weighted by Crippen LogP contribution is -2.46. The van der Waals surface area contributed by atoms with E-state index in [9.17, 15) is 9.59 Å². The van der Waals surface area contributed by atoms with Gasteiger partial charge in [0.2, 0.25) is 5.91 Å². The van der Waals surface area contributed by atoms with Gasteiger partial charge in [0.25, 0.3) is 5.91 Å². The lowest BCUT2D eigenvalue weighted by molar-refractivity contribution is -0.117. The fraction of sp³-hybridized carbons (Fsp3) is 0.222. The van der Waals surface area contributed by atoms with Crippen LogP contribution in [0.15, 0.2) is 78.2 Å². The average Bonchev–Trinajstić information content (AvgIpc) is 3.40. The number of carbonyl (C=O) groups excluding carboxylic acids is 2. The molecule has 0 spiro atoms. The monoisotopic (exact) mass is 470 g/mol. The molecule has 0 bridgehead atoms. The number of aromatic nitrogens is 1. The number of piperidine rings is 1. The molecule has 1 fully saturated rings. The van der Waals surface area contributed by atoms with Crippen molar-refractivity contribution in [3.05, 3.63) is 83.7 Å². The summed E-state index contributed by atoms with van der Waals surface area (Å²) in [5, 5.41) is 9.03. The second-order valence-corrected chi connectivity index (χ2v) is 9.44. The van der Waals surface area contributed by atoms with Crippen LogP contribution < -0.4 is 10.6 Å². The number of likely N-dealkylation sites (tertiary alicyclic amines) is 1. The molecule has 4 aromatic rings. The number of nitrogens with zero attached hydrogens (tertiary/aromatic N) is 2. The smallest absolute Gasteiger partial charge is 0.252 e. The van der Waals surface area contributed by atoms with E-state index >= 15 is 0 Å². The Balaban J connectivity index is 1.21. The first-order valence-electron chi connectivity index (χ1n) is 11.5. The van der Waals surface area contributed by atoms with Gasteiger partial charge in [-0.25, -0.2) is 4.98 Å². The van der Waals surface area contributed by atoms with Gasteiger partial charge < -0.3 is 10.6 Å². The summed E-state index contributed by atoms with van der Waals surface area (Å²) in [6, 6.07) is 23.3. The number of benzene rings is 2. The number of thiophene rings is 1. The third-order valence-electron chi connectivity index (χ3n) is 6.08. The zero-order valence-electron chi connectivity index (χ0n) is 18.7. The minimum absolute atomic E-state index is 0.0157. The summed E-state index contributed by atoms with van der Waals surface area (Å²) in [7, 11) is 0. The minimum atomic E-state index is -0.0725. The van der Waals surface area contributed by atoms with Crippen LogP contribution in [0, 0.1) is 0 Å². The number of anilines is 1. The number of fused-ring (bicyclic) bond motifs is 1. The van der Waals surface area contributed by atoms with Crippen molar-refractivity contribution in [1.82, 2.24) is 15.2 Å². The van der Waals surface area contributed by atoms with Gasteiger partial charge in [-0.05, 0) is 48.6 Å². The lowest BCUT2D eigenvalue weighted by atomic mass is 10.0. The summed E-state index contributed by atoms with van der Waals surface area (Å²) in [4.78, 5) is 33.6. The zero-order valence-corrected chi connectivity index (χ0v) is 19.6. The standard InChI is InChI=1S/C27H26N4O2S/c32-26(28-19-7-2-1-3-8-19)18-31-14-12-20(13-15-31)29-27(33)22-17-24(25-11-6-16-34-25)30-23-10-5-4-9-21(22)23/h1-11,16-17,20H,12-15,18H2,(H,28,32)(H,29,33). The molecule has 1 aliphatic heterocycles. The van der Waals surface area contributed by atoms with Crippen LogP contribution in [0.5, 0.6) is 0 Å². The molecular formula is C27H26N4O2S. The maximum absolute atomic E-state index is 13.3. The highest BCUT2D eigenvalue weighted by Crippen LogP contribution is 2.28. The maximum Gasteiger partial charge on any atom is 0.252 e. The Bertz CT molecular complexity index is 1280. The highest BCUT2D eigenvalue weighted by molar-refractivity contribution is 7.13. The molecule has 2 aromatic heterocycles. The van der Waals surface area contributed by atoms with E-state index in [1.807, 2.05) is 78.2 Å². The Labute approximate surface area is 202 Å². The lowest BCUT2D eigenvalue weighted by Gasteiger charge is -2.32. The first kappa shape index (κ1) is 22.3. The Morgan fingerprint density at radius 3 is 2.50 bits per heavy atom. The van der Waals surface area contributed by atoms with Gasteiger partial charge in [-0.3, -0.25) is 14.5 Å². The van der Waals surface area contributed by atoms with Crippen molar-refractivity contribution in [3.63, 3.8) is 0 Å². The van der Waals surface area contributed by atoms with Gasteiger partial charge in [-0.1, -0.05) is 42.5 Å². The Morgan fingerprint density at radius 1 is 0.971 bits per heavy atom. The number of para-hydroxylation sites is 2. The van der Waals surface area contributed by atoms with Crippen LogP contribution in [0.1, 0.15) is 23.2 Å². The molecule has 2 N–H and O–H groups in total. The number of hydrogen-bond acceptors (Lipinski definition) is 5. The maximum atomic E-state index is 13.3. The summed E-state index contributed by atoms with van der Waals surface area (Å²) in [5.41, 5.74) is 3.09. The number of hydrogen-bond donors (Lipinski definition) is 2. The van der Waals surface area contributed by atoms with Gasteiger partial charge >= 0.3 is 0 Å². The Morgan fingerprint density at radius 2 is 1.74 bits per heavy atom. The van der Waals surface area contributed by atoms with Crippen molar-refractivity contribution in [2.75, 3.05) is 25.0 Å². The molecule has 0 radical (unpaired) electrons. The van der Waals surface area contributed by atoms with Crippen molar-refractivity contribution >= 4 is 39.7 Å². The van der Waals surface area contributed by atoms with Gasteiger partial charge in [0.15, 0.2) is 0 Å². The van der Waals surface area contributed by atoms with E-state index < -0.39 is 0 Å². The molecule has 0 atom stereocenters. The fourth-order valence-corrected chi connectivity index (χ4v) is 5.02. The van der Waals surface area contributed by atoms with E-state index in [1.165, 1.54) is 0 Å². The van der Waals surface area contributed by atoms with Crippen molar-refractivity contribution in [1.29, 1.82) is 0 Å².